The number of amides is 1. The van der Waals surface area contributed by atoms with Gasteiger partial charge in [-0.05, 0) is 30.5 Å². The summed E-state index contributed by atoms with van der Waals surface area (Å²) in [5.74, 6) is 0.435. The first-order valence-electron chi connectivity index (χ1n) is 11.0. The highest BCUT2D eigenvalue weighted by atomic mass is 16.3. The van der Waals surface area contributed by atoms with Crippen LogP contribution < -0.4 is 0 Å². The van der Waals surface area contributed by atoms with Crippen LogP contribution in [0.25, 0.3) is 0 Å². The number of β-amino-alcohol motifs (C(OH)–C–C–N with tert-alkyl or cyclic N) is 1. The van der Waals surface area contributed by atoms with Crippen molar-refractivity contribution in [3.05, 3.63) is 71.3 Å². The molecular formula is C25H33N3O2. The Kier molecular flexibility index (Phi) is 6.23. The molecule has 0 aromatic heterocycles. The van der Waals surface area contributed by atoms with Crippen LogP contribution in [-0.4, -0.2) is 77.1 Å². The minimum Gasteiger partial charge on any atom is -0.389 e. The van der Waals surface area contributed by atoms with Crippen LogP contribution >= 0.6 is 0 Å². The molecule has 0 aliphatic carbocycles. The molecule has 0 saturated carbocycles. The van der Waals surface area contributed by atoms with Gasteiger partial charge in [0.1, 0.15) is 0 Å². The van der Waals surface area contributed by atoms with Gasteiger partial charge in [0, 0.05) is 51.7 Å². The second-order valence-corrected chi connectivity index (χ2v) is 9.30. The fraction of sp³-hybridized carbons (Fsp3) is 0.480. The zero-order valence-electron chi connectivity index (χ0n) is 18.1. The SMILES string of the molecule is CC(C)(O)CN1CCN(CC(=O)N2Cc3ccccc3C(c3ccccc3)C2)CC1. The van der Waals surface area contributed by atoms with E-state index in [4.69, 9.17) is 0 Å². The van der Waals surface area contributed by atoms with Crippen molar-refractivity contribution in [2.75, 3.05) is 45.8 Å². The molecule has 2 aromatic rings. The Morgan fingerprint density at radius 2 is 1.60 bits per heavy atom. The van der Waals surface area contributed by atoms with Gasteiger partial charge in [-0.3, -0.25) is 14.6 Å². The smallest absolute Gasteiger partial charge is 0.237 e. The van der Waals surface area contributed by atoms with E-state index in [9.17, 15) is 9.90 Å². The van der Waals surface area contributed by atoms with E-state index in [1.165, 1.54) is 16.7 Å². The van der Waals surface area contributed by atoms with E-state index in [1.807, 2.05) is 24.8 Å². The summed E-state index contributed by atoms with van der Waals surface area (Å²) in [6.45, 7) is 9.80. The molecule has 1 fully saturated rings. The summed E-state index contributed by atoms with van der Waals surface area (Å²) in [4.78, 5) is 19.8. The van der Waals surface area contributed by atoms with Crippen LogP contribution in [0.2, 0.25) is 0 Å². The van der Waals surface area contributed by atoms with Crippen molar-refractivity contribution in [2.24, 2.45) is 0 Å². The molecule has 4 rings (SSSR count). The van der Waals surface area contributed by atoms with Crippen LogP contribution in [0.15, 0.2) is 54.6 Å². The molecule has 2 aromatic carbocycles. The molecule has 2 aliphatic heterocycles. The third-order valence-electron chi connectivity index (χ3n) is 6.18. The Bertz CT molecular complexity index is 854. The number of carbonyl (C=O) groups is 1. The number of carbonyl (C=O) groups excluding carboxylic acids is 1. The Hall–Kier alpha value is -2.21. The molecule has 1 unspecified atom stereocenters. The summed E-state index contributed by atoms with van der Waals surface area (Å²) >= 11 is 0. The zero-order valence-corrected chi connectivity index (χ0v) is 18.1. The highest BCUT2D eigenvalue weighted by Gasteiger charge is 2.30. The lowest BCUT2D eigenvalue weighted by Crippen LogP contribution is -2.53. The lowest BCUT2D eigenvalue weighted by molar-refractivity contribution is -0.134. The predicted octanol–water partition coefficient (Wildman–Crippen LogP) is 2.55. The monoisotopic (exact) mass is 407 g/mol. The highest BCUT2D eigenvalue weighted by Crippen LogP contribution is 2.33. The standard InChI is InChI=1S/C25H33N3O2/c1-25(2,30)19-27-14-12-26(13-15-27)18-24(29)28-16-21-10-6-7-11-22(21)23(17-28)20-8-4-3-5-9-20/h3-11,23,30H,12-19H2,1-2H3. The van der Waals surface area contributed by atoms with Crippen molar-refractivity contribution in [3.8, 4) is 0 Å². The molecule has 1 atom stereocenters. The van der Waals surface area contributed by atoms with Crippen molar-refractivity contribution < 1.29 is 9.90 Å². The van der Waals surface area contributed by atoms with Gasteiger partial charge in [-0.2, -0.15) is 0 Å². The van der Waals surface area contributed by atoms with E-state index in [2.05, 4.69) is 58.3 Å². The molecule has 2 heterocycles. The Labute approximate surface area is 179 Å². The Balaban J connectivity index is 1.40. The van der Waals surface area contributed by atoms with Crippen molar-refractivity contribution in [2.45, 2.75) is 31.9 Å². The predicted molar refractivity (Wildman–Crippen MR) is 119 cm³/mol. The average Bonchev–Trinajstić information content (AvgIpc) is 2.74. The summed E-state index contributed by atoms with van der Waals surface area (Å²) in [6, 6.07) is 19.0. The zero-order chi connectivity index (χ0) is 21.1. The number of benzene rings is 2. The minimum atomic E-state index is -0.675. The third kappa shape index (κ3) is 5.09. The molecule has 1 N–H and O–H groups in total. The number of fused-ring (bicyclic) bond motifs is 1. The fourth-order valence-corrected chi connectivity index (χ4v) is 4.71. The Morgan fingerprint density at radius 3 is 2.30 bits per heavy atom. The maximum Gasteiger partial charge on any atom is 0.237 e. The number of hydrogen-bond donors (Lipinski definition) is 1. The molecule has 2 aliphatic rings. The van der Waals surface area contributed by atoms with Crippen molar-refractivity contribution in [1.82, 2.24) is 14.7 Å². The summed E-state index contributed by atoms with van der Waals surface area (Å²) in [6.07, 6.45) is 0. The first-order valence-corrected chi connectivity index (χ1v) is 11.0. The van der Waals surface area contributed by atoms with E-state index in [0.717, 1.165) is 32.7 Å². The molecule has 160 valence electrons. The van der Waals surface area contributed by atoms with Crippen LogP contribution in [0.1, 0.15) is 36.5 Å². The Morgan fingerprint density at radius 1 is 0.967 bits per heavy atom. The van der Waals surface area contributed by atoms with Crippen LogP contribution in [0.4, 0.5) is 0 Å². The molecular weight excluding hydrogens is 374 g/mol. The molecule has 0 spiro atoms. The lowest BCUT2D eigenvalue weighted by Gasteiger charge is -2.39. The molecule has 30 heavy (non-hydrogen) atoms. The number of aliphatic hydroxyl groups is 1. The van der Waals surface area contributed by atoms with E-state index in [1.54, 1.807) is 0 Å². The van der Waals surface area contributed by atoms with Crippen LogP contribution in [-0.2, 0) is 11.3 Å². The van der Waals surface area contributed by atoms with E-state index in [0.29, 0.717) is 19.6 Å². The summed E-state index contributed by atoms with van der Waals surface area (Å²) in [5.41, 5.74) is 3.18. The third-order valence-corrected chi connectivity index (χ3v) is 6.18. The van der Waals surface area contributed by atoms with Crippen molar-refractivity contribution in [1.29, 1.82) is 0 Å². The second kappa shape index (κ2) is 8.88. The fourth-order valence-electron chi connectivity index (χ4n) is 4.71. The quantitative estimate of drug-likeness (QED) is 0.828. The number of hydrogen-bond acceptors (Lipinski definition) is 4. The molecule has 5 heteroatoms. The summed E-state index contributed by atoms with van der Waals surface area (Å²) < 4.78 is 0. The maximum absolute atomic E-state index is 13.2. The van der Waals surface area contributed by atoms with Gasteiger partial charge < -0.3 is 10.0 Å². The minimum absolute atomic E-state index is 0.210. The van der Waals surface area contributed by atoms with Gasteiger partial charge in [-0.25, -0.2) is 0 Å². The van der Waals surface area contributed by atoms with Crippen LogP contribution in [0, 0.1) is 0 Å². The number of nitrogens with zero attached hydrogens (tertiary/aromatic N) is 3. The van der Waals surface area contributed by atoms with Crippen molar-refractivity contribution >= 4 is 5.91 Å². The maximum atomic E-state index is 13.2. The molecule has 0 bridgehead atoms. The average molecular weight is 408 g/mol. The molecule has 1 saturated heterocycles. The van der Waals surface area contributed by atoms with E-state index >= 15 is 0 Å². The highest BCUT2D eigenvalue weighted by molar-refractivity contribution is 5.79. The van der Waals surface area contributed by atoms with Crippen LogP contribution in [0.5, 0.6) is 0 Å². The molecule has 0 radical (unpaired) electrons. The van der Waals surface area contributed by atoms with Gasteiger partial charge in [0.15, 0.2) is 0 Å². The normalized spacial score (nSPS) is 20.8. The van der Waals surface area contributed by atoms with Gasteiger partial charge in [-0.15, -0.1) is 0 Å². The van der Waals surface area contributed by atoms with Gasteiger partial charge in [0.2, 0.25) is 5.91 Å². The van der Waals surface area contributed by atoms with Gasteiger partial charge >= 0.3 is 0 Å². The van der Waals surface area contributed by atoms with Gasteiger partial charge in [0.25, 0.3) is 0 Å². The number of piperazine rings is 1. The summed E-state index contributed by atoms with van der Waals surface area (Å²) in [7, 11) is 0. The van der Waals surface area contributed by atoms with Gasteiger partial charge in [-0.1, -0.05) is 54.6 Å². The van der Waals surface area contributed by atoms with Crippen LogP contribution in [0.3, 0.4) is 0 Å². The number of rotatable bonds is 5. The first kappa shape index (κ1) is 21.0. The second-order valence-electron chi connectivity index (χ2n) is 9.30. The van der Waals surface area contributed by atoms with Gasteiger partial charge in [0.05, 0.1) is 12.1 Å². The molecule has 1 amide bonds. The topological polar surface area (TPSA) is 47.0 Å². The molecule has 5 nitrogen and oxygen atoms in total. The first-order chi connectivity index (χ1) is 14.4. The lowest BCUT2D eigenvalue weighted by atomic mass is 9.84. The van der Waals surface area contributed by atoms with E-state index in [-0.39, 0.29) is 11.8 Å². The van der Waals surface area contributed by atoms with E-state index < -0.39 is 5.60 Å². The van der Waals surface area contributed by atoms with Crippen molar-refractivity contribution in [3.63, 3.8) is 0 Å². The summed E-state index contributed by atoms with van der Waals surface area (Å²) in [5, 5.41) is 10.0. The largest absolute Gasteiger partial charge is 0.389 e.